The zero-order chi connectivity index (χ0) is 14.8. The highest BCUT2D eigenvalue weighted by molar-refractivity contribution is 9.10. The predicted molar refractivity (Wildman–Crippen MR) is 80.4 cm³/mol. The fourth-order valence-electron chi connectivity index (χ4n) is 2.29. The van der Waals surface area contributed by atoms with Crippen LogP contribution in [0.3, 0.4) is 0 Å². The highest BCUT2D eigenvalue weighted by Gasteiger charge is 2.26. The first-order chi connectivity index (χ1) is 10.2. The number of aromatic nitrogens is 2. The van der Waals surface area contributed by atoms with Gasteiger partial charge in [0, 0.05) is 17.4 Å². The van der Waals surface area contributed by atoms with E-state index in [2.05, 4.69) is 42.6 Å². The molecule has 1 aliphatic rings. The van der Waals surface area contributed by atoms with Crippen LogP contribution in [-0.4, -0.2) is 21.9 Å². The summed E-state index contributed by atoms with van der Waals surface area (Å²) in [5, 5.41) is 15.1. The molecule has 21 heavy (non-hydrogen) atoms. The molecule has 1 unspecified atom stereocenters. The van der Waals surface area contributed by atoms with Gasteiger partial charge in [-0.05, 0) is 18.2 Å². The van der Waals surface area contributed by atoms with Crippen LogP contribution in [0.5, 0.6) is 0 Å². The molecule has 0 radical (unpaired) electrons. The van der Waals surface area contributed by atoms with Gasteiger partial charge in [-0.3, -0.25) is 10.1 Å². The number of anilines is 1. The van der Waals surface area contributed by atoms with Gasteiger partial charge in [0.25, 0.3) is 0 Å². The number of nitrogens with one attached hydrogen (secondary N) is 3. The van der Waals surface area contributed by atoms with Gasteiger partial charge in [0.15, 0.2) is 0 Å². The minimum Gasteiger partial charge on any atom is -0.347 e. The molecule has 7 heteroatoms. The number of carbonyl (C=O) groups excluding carboxylic acids is 1. The number of rotatable bonds is 2. The van der Waals surface area contributed by atoms with Gasteiger partial charge in [-0.1, -0.05) is 15.9 Å². The second-order valence-electron chi connectivity index (χ2n) is 4.76. The number of fused-ring (bicyclic) bond motifs is 1. The lowest BCUT2D eigenvalue weighted by Crippen LogP contribution is -2.44. The van der Waals surface area contributed by atoms with E-state index in [0.29, 0.717) is 24.2 Å². The van der Waals surface area contributed by atoms with Gasteiger partial charge in [0.2, 0.25) is 5.91 Å². The summed E-state index contributed by atoms with van der Waals surface area (Å²) in [6.45, 7) is 0.582. The zero-order valence-corrected chi connectivity index (χ0v) is 12.6. The number of hydrogen-bond donors (Lipinski definition) is 3. The van der Waals surface area contributed by atoms with E-state index in [1.807, 2.05) is 0 Å². The zero-order valence-electron chi connectivity index (χ0n) is 11.0. The average Bonchev–Trinajstić information content (AvgIpc) is 2.96. The second-order valence-corrected chi connectivity index (χ2v) is 5.67. The van der Waals surface area contributed by atoms with E-state index in [0.717, 1.165) is 15.9 Å². The number of nitrogens with zero attached hydrogens (tertiary/aromatic N) is 2. The Morgan fingerprint density at radius 3 is 3.19 bits per heavy atom. The molecule has 2 aromatic rings. The van der Waals surface area contributed by atoms with Gasteiger partial charge < -0.3 is 10.3 Å². The summed E-state index contributed by atoms with van der Waals surface area (Å²) in [7, 11) is 0. The van der Waals surface area contributed by atoms with Crippen LogP contribution in [0.1, 0.15) is 17.0 Å². The van der Waals surface area contributed by atoms with Crippen molar-refractivity contribution >= 4 is 27.5 Å². The number of nitriles is 1. The van der Waals surface area contributed by atoms with Crippen LogP contribution >= 0.6 is 15.9 Å². The van der Waals surface area contributed by atoms with Crippen molar-refractivity contribution in [3.8, 4) is 6.07 Å². The fraction of sp³-hybridized carbons (Fsp3) is 0.214. The maximum absolute atomic E-state index is 12.3. The largest absolute Gasteiger partial charge is 0.347 e. The molecule has 1 aliphatic heterocycles. The maximum atomic E-state index is 12.3. The smallest absolute Gasteiger partial charge is 0.241 e. The Kier molecular flexibility index (Phi) is 3.73. The number of amides is 1. The van der Waals surface area contributed by atoms with Crippen LogP contribution in [0, 0.1) is 11.3 Å². The summed E-state index contributed by atoms with van der Waals surface area (Å²) in [6.07, 6.45) is 2.16. The quantitative estimate of drug-likeness (QED) is 0.772. The Labute approximate surface area is 129 Å². The summed E-state index contributed by atoms with van der Waals surface area (Å²) in [5.74, 6) is -0.164. The first-order valence-corrected chi connectivity index (χ1v) is 7.21. The number of imidazole rings is 1. The van der Waals surface area contributed by atoms with Crippen LogP contribution in [-0.2, 0) is 17.8 Å². The van der Waals surface area contributed by atoms with Gasteiger partial charge in [-0.2, -0.15) is 5.26 Å². The van der Waals surface area contributed by atoms with Crippen molar-refractivity contribution in [2.75, 3.05) is 5.32 Å². The number of aromatic amines is 1. The molecule has 106 valence electrons. The summed E-state index contributed by atoms with van der Waals surface area (Å²) >= 11 is 3.31. The predicted octanol–water partition coefficient (Wildman–Crippen LogP) is 1.70. The van der Waals surface area contributed by atoms with E-state index in [4.69, 9.17) is 5.26 Å². The van der Waals surface area contributed by atoms with Crippen molar-refractivity contribution in [1.29, 1.82) is 5.26 Å². The van der Waals surface area contributed by atoms with Gasteiger partial charge >= 0.3 is 0 Å². The van der Waals surface area contributed by atoms with Gasteiger partial charge in [0.1, 0.15) is 6.07 Å². The molecule has 0 aliphatic carbocycles. The fourth-order valence-corrected chi connectivity index (χ4v) is 2.65. The lowest BCUT2D eigenvalue weighted by molar-refractivity contribution is -0.118. The molecule has 2 heterocycles. The van der Waals surface area contributed by atoms with E-state index in [1.165, 1.54) is 0 Å². The van der Waals surface area contributed by atoms with Gasteiger partial charge in [-0.15, -0.1) is 0 Å². The van der Waals surface area contributed by atoms with E-state index in [-0.39, 0.29) is 11.9 Å². The Morgan fingerprint density at radius 2 is 2.38 bits per heavy atom. The molecule has 0 bridgehead atoms. The van der Waals surface area contributed by atoms with Crippen molar-refractivity contribution < 1.29 is 4.79 Å². The third-order valence-electron chi connectivity index (χ3n) is 3.41. The molecule has 1 atom stereocenters. The highest BCUT2D eigenvalue weighted by atomic mass is 79.9. The minimum absolute atomic E-state index is 0.164. The van der Waals surface area contributed by atoms with E-state index < -0.39 is 0 Å². The molecule has 0 saturated carbocycles. The SMILES string of the molecule is N#Cc1cc(Br)ccc1NC(=O)C1Cc2nc[nH]c2CN1. The molecular weight excluding hydrogens is 334 g/mol. The standard InChI is InChI=1S/C14H12BrN5O/c15-9-1-2-10(8(3-9)5-16)20-14(21)12-4-11-13(6-17-12)19-7-18-11/h1-3,7,12,17H,4,6H2,(H,18,19)(H,20,21). The number of hydrogen-bond acceptors (Lipinski definition) is 4. The summed E-state index contributed by atoms with van der Waals surface area (Å²) in [4.78, 5) is 19.6. The van der Waals surface area contributed by atoms with Crippen LogP contribution in [0.4, 0.5) is 5.69 Å². The monoisotopic (exact) mass is 345 g/mol. The van der Waals surface area contributed by atoms with Crippen molar-refractivity contribution in [1.82, 2.24) is 15.3 Å². The topological polar surface area (TPSA) is 93.6 Å². The Morgan fingerprint density at radius 1 is 1.52 bits per heavy atom. The lowest BCUT2D eigenvalue weighted by atomic mass is 10.0. The lowest BCUT2D eigenvalue weighted by Gasteiger charge is -2.22. The molecule has 0 fully saturated rings. The van der Waals surface area contributed by atoms with Crippen molar-refractivity contribution in [3.63, 3.8) is 0 Å². The summed E-state index contributed by atoms with van der Waals surface area (Å²) in [5.41, 5.74) is 2.86. The van der Waals surface area contributed by atoms with Gasteiger partial charge in [0.05, 0.1) is 35.0 Å². The molecule has 1 aromatic heterocycles. The van der Waals surface area contributed by atoms with Crippen molar-refractivity contribution in [2.24, 2.45) is 0 Å². The minimum atomic E-state index is -0.351. The van der Waals surface area contributed by atoms with E-state index in [1.54, 1.807) is 24.5 Å². The number of H-pyrrole nitrogens is 1. The first-order valence-electron chi connectivity index (χ1n) is 6.42. The number of halogens is 1. The summed E-state index contributed by atoms with van der Waals surface area (Å²) < 4.78 is 0.800. The molecular formula is C14H12BrN5O. The molecule has 0 spiro atoms. The molecule has 3 N–H and O–H groups in total. The Hall–Kier alpha value is -2.17. The van der Waals surface area contributed by atoms with Crippen LogP contribution < -0.4 is 10.6 Å². The van der Waals surface area contributed by atoms with Crippen LogP contribution in [0.15, 0.2) is 29.0 Å². The third kappa shape index (κ3) is 2.82. The molecule has 1 amide bonds. The second kappa shape index (κ2) is 5.68. The molecule has 1 aromatic carbocycles. The average molecular weight is 346 g/mol. The third-order valence-corrected chi connectivity index (χ3v) is 3.90. The van der Waals surface area contributed by atoms with Crippen molar-refractivity contribution in [2.45, 2.75) is 19.0 Å². The number of benzene rings is 1. The van der Waals surface area contributed by atoms with Crippen LogP contribution in [0.2, 0.25) is 0 Å². The first kappa shape index (κ1) is 13.8. The Bertz CT molecular complexity index is 733. The van der Waals surface area contributed by atoms with Gasteiger partial charge in [-0.25, -0.2) is 4.98 Å². The highest BCUT2D eigenvalue weighted by Crippen LogP contribution is 2.21. The van der Waals surface area contributed by atoms with E-state index in [9.17, 15) is 4.79 Å². The normalized spacial score (nSPS) is 16.9. The van der Waals surface area contributed by atoms with Crippen LogP contribution in [0.25, 0.3) is 0 Å². The molecule has 3 rings (SSSR count). The number of carbonyl (C=O) groups is 1. The van der Waals surface area contributed by atoms with E-state index >= 15 is 0 Å². The van der Waals surface area contributed by atoms with Crippen molar-refractivity contribution in [3.05, 3.63) is 46.0 Å². The molecule has 0 saturated heterocycles. The summed E-state index contributed by atoms with van der Waals surface area (Å²) in [6, 6.07) is 6.90. The molecule has 6 nitrogen and oxygen atoms in total. The Balaban J connectivity index is 1.75. The maximum Gasteiger partial charge on any atom is 0.241 e.